The number of hydrogen-bond donors (Lipinski definition) is 2. The lowest BCUT2D eigenvalue weighted by Gasteiger charge is -2.28. The monoisotopic (exact) mass is 327 g/mol. The molecule has 2 aromatic rings. The van der Waals surface area contributed by atoms with Crippen LogP contribution in [-0.4, -0.2) is 40.8 Å². The highest BCUT2D eigenvalue weighted by Crippen LogP contribution is 2.25. The summed E-state index contributed by atoms with van der Waals surface area (Å²) < 4.78 is 0. The molecule has 1 atom stereocenters. The number of anilines is 1. The minimum atomic E-state index is -0.0414. The average molecular weight is 327 g/mol. The summed E-state index contributed by atoms with van der Waals surface area (Å²) in [6.07, 6.45) is 0.886. The summed E-state index contributed by atoms with van der Waals surface area (Å²) in [5, 5.41) is 10.2. The Balaban J connectivity index is 1.69. The van der Waals surface area contributed by atoms with Gasteiger partial charge in [-0.2, -0.15) is 5.10 Å². The van der Waals surface area contributed by atoms with Gasteiger partial charge in [-0.1, -0.05) is 25.1 Å². The van der Waals surface area contributed by atoms with Crippen molar-refractivity contribution < 1.29 is 4.79 Å². The number of carbonyl (C=O) groups is 1. The molecule has 0 fully saturated rings. The molecule has 2 heterocycles. The van der Waals surface area contributed by atoms with Crippen molar-refractivity contribution in [2.75, 3.05) is 18.5 Å². The zero-order chi connectivity index (χ0) is 17.1. The zero-order valence-corrected chi connectivity index (χ0v) is 14.5. The van der Waals surface area contributed by atoms with Crippen molar-refractivity contribution in [3.05, 3.63) is 47.3 Å². The second kappa shape index (κ2) is 6.95. The van der Waals surface area contributed by atoms with Crippen LogP contribution in [0.15, 0.2) is 30.3 Å². The lowest BCUT2D eigenvalue weighted by Crippen LogP contribution is -2.46. The number of aromatic amines is 1. The lowest BCUT2D eigenvalue weighted by molar-refractivity contribution is 0.178. The molecule has 1 aromatic heterocycles. The SMILES string of the molecule is CCc1cc(CNC(=O)N2Cc3ccccc3N(C)C[C@@H]2C)[nH]n1. The summed E-state index contributed by atoms with van der Waals surface area (Å²) in [5.41, 5.74) is 4.31. The molecule has 1 aliphatic rings. The summed E-state index contributed by atoms with van der Waals surface area (Å²) in [6.45, 7) is 6.05. The van der Waals surface area contributed by atoms with E-state index in [1.165, 1.54) is 11.3 Å². The summed E-state index contributed by atoms with van der Waals surface area (Å²) in [5.74, 6) is 0. The predicted octanol–water partition coefficient (Wildman–Crippen LogP) is 2.52. The fourth-order valence-electron chi connectivity index (χ4n) is 3.17. The number of para-hydroxylation sites is 1. The largest absolute Gasteiger partial charge is 0.372 e. The number of hydrogen-bond acceptors (Lipinski definition) is 3. The third-order valence-corrected chi connectivity index (χ3v) is 4.55. The first-order valence-electron chi connectivity index (χ1n) is 8.45. The van der Waals surface area contributed by atoms with Crippen LogP contribution in [0.3, 0.4) is 0 Å². The number of nitrogens with zero attached hydrogens (tertiary/aromatic N) is 3. The molecular formula is C18H25N5O. The third kappa shape index (κ3) is 3.37. The van der Waals surface area contributed by atoms with Gasteiger partial charge in [0.2, 0.25) is 0 Å². The normalized spacial score (nSPS) is 17.4. The first kappa shape index (κ1) is 16.4. The van der Waals surface area contributed by atoms with E-state index in [1.807, 2.05) is 23.1 Å². The van der Waals surface area contributed by atoms with E-state index in [1.54, 1.807) is 0 Å². The van der Waals surface area contributed by atoms with Crippen molar-refractivity contribution in [2.24, 2.45) is 0 Å². The molecule has 0 radical (unpaired) electrons. The number of likely N-dealkylation sites (N-methyl/N-ethyl adjacent to an activating group) is 1. The number of rotatable bonds is 3. The molecule has 2 amide bonds. The Morgan fingerprint density at radius 2 is 2.21 bits per heavy atom. The van der Waals surface area contributed by atoms with Crippen LogP contribution in [-0.2, 0) is 19.5 Å². The van der Waals surface area contributed by atoms with E-state index < -0.39 is 0 Å². The van der Waals surface area contributed by atoms with Crippen molar-refractivity contribution >= 4 is 11.7 Å². The molecule has 0 bridgehead atoms. The summed E-state index contributed by atoms with van der Waals surface area (Å²) in [4.78, 5) is 16.8. The van der Waals surface area contributed by atoms with Gasteiger partial charge in [-0.25, -0.2) is 4.79 Å². The van der Waals surface area contributed by atoms with Gasteiger partial charge in [0.15, 0.2) is 0 Å². The van der Waals surface area contributed by atoms with Crippen LogP contribution in [0.5, 0.6) is 0 Å². The van der Waals surface area contributed by atoms with Gasteiger partial charge < -0.3 is 15.1 Å². The number of carbonyl (C=O) groups excluding carboxylic acids is 1. The van der Waals surface area contributed by atoms with Crippen LogP contribution in [0.25, 0.3) is 0 Å². The van der Waals surface area contributed by atoms with Gasteiger partial charge in [-0.3, -0.25) is 5.10 Å². The van der Waals surface area contributed by atoms with Crippen LogP contribution in [0.2, 0.25) is 0 Å². The Bertz CT molecular complexity index is 711. The standard InChI is InChI=1S/C18H25N5O/c1-4-15-9-16(21-20-15)10-19-18(24)23-12-14-7-5-6-8-17(14)22(3)11-13(23)2/h5-9,13H,4,10-12H2,1-3H3,(H,19,24)(H,20,21)/t13-/m0/s1. The van der Waals surface area contributed by atoms with Crippen LogP contribution in [0.1, 0.15) is 30.8 Å². The molecule has 6 nitrogen and oxygen atoms in total. The summed E-state index contributed by atoms with van der Waals surface area (Å²) >= 11 is 0. The Kier molecular flexibility index (Phi) is 4.74. The van der Waals surface area contributed by atoms with Crippen LogP contribution >= 0.6 is 0 Å². The molecule has 3 rings (SSSR count). The van der Waals surface area contributed by atoms with Gasteiger partial charge in [-0.15, -0.1) is 0 Å². The van der Waals surface area contributed by atoms with Gasteiger partial charge >= 0.3 is 6.03 Å². The minimum absolute atomic E-state index is 0.0414. The summed E-state index contributed by atoms with van der Waals surface area (Å²) in [6, 6.07) is 10.4. The maximum atomic E-state index is 12.7. The van der Waals surface area contributed by atoms with Crippen LogP contribution < -0.4 is 10.2 Å². The second-order valence-corrected chi connectivity index (χ2v) is 6.38. The molecule has 0 aliphatic carbocycles. The average Bonchev–Trinajstić information content (AvgIpc) is 3.00. The molecular weight excluding hydrogens is 302 g/mol. The summed E-state index contributed by atoms with van der Waals surface area (Å²) in [7, 11) is 2.08. The predicted molar refractivity (Wildman–Crippen MR) is 94.9 cm³/mol. The second-order valence-electron chi connectivity index (χ2n) is 6.38. The van der Waals surface area contributed by atoms with E-state index in [4.69, 9.17) is 0 Å². The van der Waals surface area contributed by atoms with E-state index in [2.05, 4.69) is 53.4 Å². The first-order valence-corrected chi connectivity index (χ1v) is 8.45. The maximum Gasteiger partial charge on any atom is 0.318 e. The highest BCUT2D eigenvalue weighted by Gasteiger charge is 2.26. The number of H-pyrrole nitrogens is 1. The van der Waals surface area contributed by atoms with E-state index in [0.717, 1.165) is 24.4 Å². The Hall–Kier alpha value is -2.50. The Labute approximate surface area is 142 Å². The number of urea groups is 1. The van der Waals surface area contributed by atoms with Crippen LogP contribution in [0.4, 0.5) is 10.5 Å². The maximum absolute atomic E-state index is 12.7. The van der Waals surface area contributed by atoms with Gasteiger partial charge in [0.05, 0.1) is 17.9 Å². The molecule has 24 heavy (non-hydrogen) atoms. The molecule has 1 aromatic carbocycles. The number of fused-ring (bicyclic) bond motifs is 1. The topological polar surface area (TPSA) is 64.3 Å². The Morgan fingerprint density at radius 1 is 1.42 bits per heavy atom. The molecule has 0 saturated carbocycles. The molecule has 2 N–H and O–H groups in total. The zero-order valence-electron chi connectivity index (χ0n) is 14.5. The number of amides is 2. The molecule has 1 aliphatic heterocycles. The van der Waals surface area contributed by atoms with Gasteiger partial charge in [0.1, 0.15) is 0 Å². The number of aryl methyl sites for hydroxylation is 1. The highest BCUT2D eigenvalue weighted by atomic mass is 16.2. The Morgan fingerprint density at radius 3 is 2.96 bits per heavy atom. The fraction of sp³-hybridized carbons (Fsp3) is 0.444. The number of aromatic nitrogens is 2. The van der Waals surface area contributed by atoms with E-state index in [9.17, 15) is 4.79 Å². The highest BCUT2D eigenvalue weighted by molar-refractivity contribution is 5.75. The third-order valence-electron chi connectivity index (χ3n) is 4.55. The molecule has 6 heteroatoms. The minimum Gasteiger partial charge on any atom is -0.372 e. The quantitative estimate of drug-likeness (QED) is 0.910. The van der Waals surface area contributed by atoms with Crippen LogP contribution in [0, 0.1) is 0 Å². The van der Waals surface area contributed by atoms with Crippen molar-refractivity contribution in [2.45, 2.75) is 39.4 Å². The number of benzene rings is 1. The van der Waals surface area contributed by atoms with Crippen molar-refractivity contribution in [3.8, 4) is 0 Å². The molecule has 0 unspecified atom stereocenters. The van der Waals surface area contributed by atoms with E-state index in [-0.39, 0.29) is 12.1 Å². The molecule has 0 spiro atoms. The van der Waals surface area contributed by atoms with Crippen molar-refractivity contribution in [1.29, 1.82) is 0 Å². The van der Waals surface area contributed by atoms with Gasteiger partial charge in [0, 0.05) is 31.9 Å². The van der Waals surface area contributed by atoms with E-state index in [0.29, 0.717) is 13.1 Å². The smallest absolute Gasteiger partial charge is 0.318 e. The van der Waals surface area contributed by atoms with Gasteiger partial charge in [0.25, 0.3) is 0 Å². The fourth-order valence-corrected chi connectivity index (χ4v) is 3.17. The number of nitrogens with one attached hydrogen (secondary N) is 2. The molecule has 0 saturated heterocycles. The van der Waals surface area contributed by atoms with Crippen molar-refractivity contribution in [1.82, 2.24) is 20.4 Å². The van der Waals surface area contributed by atoms with Gasteiger partial charge in [-0.05, 0) is 31.0 Å². The van der Waals surface area contributed by atoms with Crippen molar-refractivity contribution in [3.63, 3.8) is 0 Å². The lowest BCUT2D eigenvalue weighted by atomic mass is 10.1. The molecule has 128 valence electrons. The first-order chi connectivity index (χ1) is 11.6. The van der Waals surface area contributed by atoms with E-state index >= 15 is 0 Å².